The Kier molecular flexibility index (Phi) is 5.63. The molecule has 0 aromatic heterocycles. The van der Waals surface area contributed by atoms with Crippen LogP contribution in [0, 0.1) is 0 Å². The Morgan fingerprint density at radius 3 is 1.31 bits per heavy atom. The number of rotatable bonds is 6. The predicted octanol–water partition coefficient (Wildman–Crippen LogP) is 5.07. The Labute approximate surface area is 91.0 Å². The Morgan fingerprint density at radius 1 is 0.769 bits per heavy atom. The van der Waals surface area contributed by atoms with Gasteiger partial charge in [-0.1, -0.05) is 0 Å². The molecule has 0 bridgehead atoms. The molecule has 0 aliphatic heterocycles. The fourth-order valence-electron chi connectivity index (χ4n) is 1.78. The van der Waals surface area contributed by atoms with Crippen molar-refractivity contribution in [2.75, 3.05) is 0 Å². The molecule has 0 spiro atoms. The van der Waals surface area contributed by atoms with E-state index in [2.05, 4.69) is 56.5 Å². The van der Waals surface area contributed by atoms with Crippen molar-refractivity contribution in [3.8, 4) is 0 Å². The summed E-state index contributed by atoms with van der Waals surface area (Å²) in [4.78, 5) is 0. The van der Waals surface area contributed by atoms with Gasteiger partial charge in [-0.3, -0.25) is 0 Å². The summed E-state index contributed by atoms with van der Waals surface area (Å²) in [6, 6.07) is 0. The van der Waals surface area contributed by atoms with Gasteiger partial charge in [0.1, 0.15) is 0 Å². The number of hydrogen-bond acceptors (Lipinski definition) is 0. The number of hydrogen-bond donors (Lipinski definition) is 0. The van der Waals surface area contributed by atoms with Gasteiger partial charge in [-0.05, 0) is 0 Å². The van der Waals surface area contributed by atoms with Gasteiger partial charge < -0.3 is 0 Å². The van der Waals surface area contributed by atoms with Gasteiger partial charge in [-0.2, -0.15) is 0 Å². The third-order valence-corrected chi connectivity index (χ3v) is 3.80. The second-order valence-electron chi connectivity index (χ2n) is 4.81. The maximum absolute atomic E-state index is 2.37. The zero-order valence-electron chi connectivity index (χ0n) is 10.1. The fourth-order valence-corrected chi connectivity index (χ4v) is 4.21. The second-order valence-corrected chi connectivity index (χ2v) is 7.59. The van der Waals surface area contributed by atoms with Crippen LogP contribution in [0.2, 0.25) is 8.63 Å². The standard InChI is InChI=1S/2C6H13.Cu/c2*1-4-5-6(2)3;/h2*4-5H2,1-3H3;. The van der Waals surface area contributed by atoms with Crippen molar-refractivity contribution in [1.82, 2.24) is 0 Å². The first-order chi connectivity index (χ1) is 5.83. The van der Waals surface area contributed by atoms with Gasteiger partial charge in [0.25, 0.3) is 0 Å². The molecule has 0 nitrogen and oxygen atoms in total. The summed E-state index contributed by atoms with van der Waals surface area (Å²) in [5.74, 6) is 0. The predicted molar refractivity (Wildman–Crippen MR) is 57.9 cm³/mol. The van der Waals surface area contributed by atoms with E-state index in [1.54, 1.807) is 0 Å². The summed E-state index contributed by atoms with van der Waals surface area (Å²) in [5, 5.41) is 0. The molecule has 0 saturated carbocycles. The maximum atomic E-state index is 2.37. The molecule has 0 aliphatic rings. The molecule has 0 amide bonds. The first kappa shape index (κ1) is 13.5. The average molecular weight is 234 g/mol. The van der Waals surface area contributed by atoms with Crippen molar-refractivity contribution in [3.63, 3.8) is 0 Å². The zero-order valence-corrected chi connectivity index (χ0v) is 11.1. The Morgan fingerprint density at radius 2 is 1.08 bits per heavy atom. The quantitative estimate of drug-likeness (QED) is 0.563. The van der Waals surface area contributed by atoms with Gasteiger partial charge in [-0.15, -0.1) is 0 Å². The molecule has 1 heteroatoms. The summed E-state index contributed by atoms with van der Waals surface area (Å²) < 4.78 is 0.883. The van der Waals surface area contributed by atoms with Crippen LogP contribution in [0.3, 0.4) is 0 Å². The molecule has 0 unspecified atom stereocenters. The van der Waals surface area contributed by atoms with Crippen molar-refractivity contribution >= 4 is 0 Å². The normalized spacial score (nSPS) is 13.7. The molecule has 0 atom stereocenters. The van der Waals surface area contributed by atoms with Crippen LogP contribution < -0.4 is 0 Å². The molecule has 0 rings (SSSR count). The Hall–Kier alpha value is 0.519. The van der Waals surface area contributed by atoms with E-state index < -0.39 is 0 Å². The zero-order chi connectivity index (χ0) is 10.5. The van der Waals surface area contributed by atoms with Crippen LogP contribution in [0.5, 0.6) is 0 Å². The third-order valence-electron chi connectivity index (χ3n) is 2.06. The first-order valence-corrected chi connectivity index (χ1v) is 6.36. The van der Waals surface area contributed by atoms with Crippen molar-refractivity contribution in [2.24, 2.45) is 0 Å². The van der Waals surface area contributed by atoms with Gasteiger partial charge in [-0.25, -0.2) is 0 Å². The van der Waals surface area contributed by atoms with Crippen molar-refractivity contribution in [2.45, 2.75) is 75.9 Å². The van der Waals surface area contributed by atoms with Gasteiger partial charge in [0.05, 0.1) is 0 Å². The van der Waals surface area contributed by atoms with Crippen LogP contribution >= 0.6 is 0 Å². The molecule has 85 valence electrons. The molecule has 0 saturated heterocycles. The minimum absolute atomic E-state index is 0.441. The van der Waals surface area contributed by atoms with E-state index in [1.165, 1.54) is 25.7 Å². The molecule has 0 N–H and O–H groups in total. The first-order valence-electron chi connectivity index (χ1n) is 5.42. The van der Waals surface area contributed by atoms with Crippen LogP contribution in [0.15, 0.2) is 0 Å². The van der Waals surface area contributed by atoms with E-state index in [0.29, 0.717) is 8.63 Å². The third kappa shape index (κ3) is 6.57. The van der Waals surface area contributed by atoms with Gasteiger partial charge in [0, 0.05) is 0 Å². The van der Waals surface area contributed by atoms with E-state index in [-0.39, 0.29) is 0 Å². The summed E-state index contributed by atoms with van der Waals surface area (Å²) in [6.07, 6.45) is 5.22. The summed E-state index contributed by atoms with van der Waals surface area (Å²) in [6.45, 7) is 14.0. The van der Waals surface area contributed by atoms with Crippen LogP contribution in [0.4, 0.5) is 0 Å². The molecule has 0 heterocycles. The van der Waals surface area contributed by atoms with Crippen LogP contribution in [0.25, 0.3) is 0 Å². The Balaban J connectivity index is 4.07. The molecular formula is C12H26Cu. The molecular weight excluding hydrogens is 208 g/mol. The van der Waals surface area contributed by atoms with E-state index in [0.717, 1.165) is 0 Å². The van der Waals surface area contributed by atoms with Crippen molar-refractivity contribution in [1.29, 1.82) is 0 Å². The summed E-state index contributed by atoms with van der Waals surface area (Å²) in [5.41, 5.74) is 0. The minimum atomic E-state index is 0.441. The van der Waals surface area contributed by atoms with Crippen molar-refractivity contribution in [3.05, 3.63) is 0 Å². The van der Waals surface area contributed by atoms with Crippen LogP contribution in [-0.4, -0.2) is 0 Å². The van der Waals surface area contributed by atoms with E-state index in [1.807, 2.05) is 0 Å². The summed E-state index contributed by atoms with van der Waals surface area (Å²) >= 11 is 2.25. The topological polar surface area (TPSA) is 0 Å². The average Bonchev–Trinajstić information content (AvgIpc) is 1.82. The van der Waals surface area contributed by atoms with Gasteiger partial charge >= 0.3 is 90.8 Å². The van der Waals surface area contributed by atoms with E-state index >= 15 is 0 Å². The second kappa shape index (κ2) is 5.41. The molecule has 0 aromatic carbocycles. The van der Waals surface area contributed by atoms with Crippen LogP contribution in [0.1, 0.15) is 67.2 Å². The SMILES string of the molecule is CCC[C](C)(C)[Cu][C](C)(C)CCC. The monoisotopic (exact) mass is 233 g/mol. The van der Waals surface area contributed by atoms with E-state index in [9.17, 15) is 0 Å². The molecule has 0 radical (unpaired) electrons. The molecule has 13 heavy (non-hydrogen) atoms. The molecule has 0 aliphatic carbocycles. The molecule has 0 aromatic rings. The van der Waals surface area contributed by atoms with E-state index in [4.69, 9.17) is 0 Å². The fraction of sp³-hybridized carbons (Fsp3) is 1.00. The molecule has 0 fully saturated rings. The van der Waals surface area contributed by atoms with Gasteiger partial charge in [0.2, 0.25) is 0 Å². The van der Waals surface area contributed by atoms with Crippen LogP contribution in [-0.2, 0) is 15.0 Å². The summed E-state index contributed by atoms with van der Waals surface area (Å²) in [7, 11) is 0. The Bertz CT molecular complexity index is 120. The van der Waals surface area contributed by atoms with Gasteiger partial charge in [0.15, 0.2) is 0 Å². The van der Waals surface area contributed by atoms with Crippen molar-refractivity contribution < 1.29 is 15.0 Å².